The molecule has 0 unspecified atom stereocenters. The Hall–Kier alpha value is -2.27. The average molecular weight is 302 g/mol. The standard InChI is InChI=1S/C16H14O4S/c17-15(16(18)19)12-6-8-13(9-7-12)20-10-11-21-14-4-2-1-3-5-14/h1-9H,10-11H2,(H,18,19). The van der Waals surface area contributed by atoms with E-state index in [9.17, 15) is 9.59 Å². The number of hydrogen-bond acceptors (Lipinski definition) is 4. The van der Waals surface area contributed by atoms with Crippen molar-refractivity contribution in [3.63, 3.8) is 0 Å². The fourth-order valence-corrected chi connectivity index (χ4v) is 2.41. The minimum absolute atomic E-state index is 0.147. The number of carbonyl (C=O) groups is 2. The molecule has 0 saturated carbocycles. The van der Waals surface area contributed by atoms with Gasteiger partial charge in [0.25, 0.3) is 5.78 Å². The molecule has 0 fully saturated rings. The summed E-state index contributed by atoms with van der Waals surface area (Å²) >= 11 is 1.69. The van der Waals surface area contributed by atoms with E-state index in [0.717, 1.165) is 5.75 Å². The molecule has 2 aromatic rings. The normalized spacial score (nSPS) is 10.1. The molecule has 0 aromatic heterocycles. The van der Waals surface area contributed by atoms with Crippen LogP contribution in [0.2, 0.25) is 0 Å². The molecule has 1 N–H and O–H groups in total. The van der Waals surface area contributed by atoms with Gasteiger partial charge in [-0.25, -0.2) is 4.79 Å². The van der Waals surface area contributed by atoms with Crippen LogP contribution in [-0.4, -0.2) is 29.2 Å². The lowest BCUT2D eigenvalue weighted by atomic mass is 10.1. The molecule has 0 saturated heterocycles. The number of aliphatic carboxylic acids is 1. The van der Waals surface area contributed by atoms with Gasteiger partial charge >= 0.3 is 5.97 Å². The first-order chi connectivity index (χ1) is 10.2. The molecular formula is C16H14O4S. The van der Waals surface area contributed by atoms with Gasteiger partial charge in [0.2, 0.25) is 0 Å². The first-order valence-corrected chi connectivity index (χ1v) is 7.34. The van der Waals surface area contributed by atoms with Crippen LogP contribution < -0.4 is 4.74 Å². The van der Waals surface area contributed by atoms with Crippen molar-refractivity contribution in [3.8, 4) is 5.75 Å². The molecule has 5 heteroatoms. The Bertz CT molecular complexity index is 608. The number of carboxylic acid groups (broad SMARTS) is 1. The molecule has 0 atom stereocenters. The third kappa shape index (κ3) is 4.65. The van der Waals surface area contributed by atoms with Gasteiger partial charge in [0.05, 0.1) is 6.61 Å². The van der Waals surface area contributed by atoms with Crippen LogP contribution in [0, 0.1) is 0 Å². The molecule has 0 spiro atoms. The fourth-order valence-electron chi connectivity index (χ4n) is 1.66. The Kier molecular flexibility index (Phi) is 5.40. The van der Waals surface area contributed by atoms with Gasteiger partial charge in [-0.1, -0.05) is 18.2 Å². The number of carboxylic acids is 1. The van der Waals surface area contributed by atoms with Gasteiger partial charge in [-0.15, -0.1) is 11.8 Å². The summed E-state index contributed by atoms with van der Waals surface area (Å²) in [5.41, 5.74) is 0.147. The Morgan fingerprint density at radius 1 is 1.00 bits per heavy atom. The lowest BCUT2D eigenvalue weighted by Crippen LogP contribution is -2.12. The number of Topliss-reactive ketones (excluding diaryl/α,β-unsaturated/α-hetero) is 1. The molecule has 4 nitrogen and oxygen atoms in total. The van der Waals surface area contributed by atoms with Crippen molar-refractivity contribution >= 4 is 23.5 Å². The smallest absolute Gasteiger partial charge is 0.377 e. The molecular weight excluding hydrogens is 288 g/mol. The van der Waals surface area contributed by atoms with Crippen molar-refractivity contribution in [2.75, 3.05) is 12.4 Å². The summed E-state index contributed by atoms with van der Waals surface area (Å²) in [6.07, 6.45) is 0. The highest BCUT2D eigenvalue weighted by molar-refractivity contribution is 7.99. The first-order valence-electron chi connectivity index (χ1n) is 6.35. The van der Waals surface area contributed by atoms with Gasteiger partial charge in [0.15, 0.2) is 0 Å². The molecule has 2 aromatic carbocycles. The van der Waals surface area contributed by atoms with Gasteiger partial charge in [0, 0.05) is 16.2 Å². The SMILES string of the molecule is O=C(O)C(=O)c1ccc(OCCSc2ccccc2)cc1. The summed E-state index contributed by atoms with van der Waals surface area (Å²) in [6.45, 7) is 0.534. The van der Waals surface area contributed by atoms with Gasteiger partial charge in [-0.2, -0.15) is 0 Å². The molecule has 0 aliphatic heterocycles. The number of benzene rings is 2. The molecule has 0 aliphatic carbocycles. The van der Waals surface area contributed by atoms with E-state index in [1.54, 1.807) is 23.9 Å². The van der Waals surface area contributed by atoms with Crippen LogP contribution in [0.15, 0.2) is 59.5 Å². The highest BCUT2D eigenvalue weighted by Crippen LogP contribution is 2.18. The first kappa shape index (κ1) is 15.1. The topological polar surface area (TPSA) is 63.6 Å². The molecule has 0 heterocycles. The second kappa shape index (κ2) is 7.50. The monoisotopic (exact) mass is 302 g/mol. The van der Waals surface area contributed by atoms with Crippen LogP contribution in [-0.2, 0) is 4.79 Å². The van der Waals surface area contributed by atoms with E-state index in [0.29, 0.717) is 12.4 Å². The maximum atomic E-state index is 11.2. The molecule has 0 bridgehead atoms. The highest BCUT2D eigenvalue weighted by atomic mass is 32.2. The van der Waals surface area contributed by atoms with Gasteiger partial charge in [-0.3, -0.25) is 4.79 Å². The van der Waals surface area contributed by atoms with Crippen molar-refractivity contribution in [3.05, 3.63) is 60.2 Å². The lowest BCUT2D eigenvalue weighted by molar-refractivity contribution is -0.131. The number of hydrogen-bond donors (Lipinski definition) is 1. The van der Waals surface area contributed by atoms with E-state index >= 15 is 0 Å². The van der Waals surface area contributed by atoms with Crippen molar-refractivity contribution in [2.45, 2.75) is 4.90 Å². The summed E-state index contributed by atoms with van der Waals surface area (Å²) in [4.78, 5) is 23.0. The molecule has 0 aliphatic rings. The minimum atomic E-state index is -1.46. The minimum Gasteiger partial charge on any atom is -0.493 e. The maximum absolute atomic E-state index is 11.2. The summed E-state index contributed by atoms with van der Waals surface area (Å²) in [5.74, 6) is -0.950. The predicted octanol–water partition coefficient (Wildman–Crippen LogP) is 3.13. The third-order valence-corrected chi connectivity index (χ3v) is 3.65. The van der Waals surface area contributed by atoms with E-state index in [1.165, 1.54) is 17.0 Å². The van der Waals surface area contributed by atoms with Gasteiger partial charge in [0.1, 0.15) is 5.75 Å². The number of ketones is 1. The van der Waals surface area contributed by atoms with E-state index < -0.39 is 11.8 Å². The van der Waals surface area contributed by atoms with Crippen molar-refractivity contribution in [1.82, 2.24) is 0 Å². The largest absolute Gasteiger partial charge is 0.493 e. The molecule has 108 valence electrons. The Morgan fingerprint density at radius 2 is 1.67 bits per heavy atom. The van der Waals surface area contributed by atoms with E-state index in [1.807, 2.05) is 30.3 Å². The molecule has 21 heavy (non-hydrogen) atoms. The average Bonchev–Trinajstić information content (AvgIpc) is 2.52. The number of thioether (sulfide) groups is 1. The summed E-state index contributed by atoms with van der Waals surface area (Å²) in [7, 11) is 0. The quantitative estimate of drug-likeness (QED) is 0.368. The molecule has 0 amide bonds. The summed E-state index contributed by atoms with van der Waals surface area (Å²) in [6, 6.07) is 16.1. The van der Waals surface area contributed by atoms with Crippen LogP contribution in [0.1, 0.15) is 10.4 Å². The van der Waals surface area contributed by atoms with Crippen LogP contribution in [0.5, 0.6) is 5.75 Å². The fraction of sp³-hybridized carbons (Fsp3) is 0.125. The van der Waals surface area contributed by atoms with Crippen LogP contribution in [0.4, 0.5) is 0 Å². The van der Waals surface area contributed by atoms with E-state index in [-0.39, 0.29) is 5.56 Å². The van der Waals surface area contributed by atoms with E-state index in [2.05, 4.69) is 0 Å². The maximum Gasteiger partial charge on any atom is 0.377 e. The zero-order valence-electron chi connectivity index (χ0n) is 11.2. The molecule has 2 rings (SSSR count). The Labute approximate surface area is 126 Å². The lowest BCUT2D eigenvalue weighted by Gasteiger charge is -2.06. The summed E-state index contributed by atoms with van der Waals surface area (Å²) in [5, 5.41) is 8.60. The Balaban J connectivity index is 1.79. The number of ether oxygens (including phenoxy) is 1. The van der Waals surface area contributed by atoms with Crippen LogP contribution >= 0.6 is 11.8 Å². The Morgan fingerprint density at radius 3 is 2.29 bits per heavy atom. The number of carbonyl (C=O) groups excluding carboxylic acids is 1. The second-order valence-corrected chi connectivity index (χ2v) is 5.34. The zero-order chi connectivity index (χ0) is 15.1. The number of rotatable bonds is 7. The highest BCUT2D eigenvalue weighted by Gasteiger charge is 2.13. The zero-order valence-corrected chi connectivity index (χ0v) is 12.0. The van der Waals surface area contributed by atoms with Gasteiger partial charge in [-0.05, 0) is 36.4 Å². The van der Waals surface area contributed by atoms with Crippen LogP contribution in [0.3, 0.4) is 0 Å². The van der Waals surface area contributed by atoms with E-state index in [4.69, 9.17) is 9.84 Å². The van der Waals surface area contributed by atoms with Crippen LogP contribution in [0.25, 0.3) is 0 Å². The van der Waals surface area contributed by atoms with Gasteiger partial charge < -0.3 is 9.84 Å². The molecule has 0 radical (unpaired) electrons. The second-order valence-electron chi connectivity index (χ2n) is 4.17. The predicted molar refractivity (Wildman–Crippen MR) is 81.1 cm³/mol. The summed E-state index contributed by atoms with van der Waals surface area (Å²) < 4.78 is 5.54. The van der Waals surface area contributed by atoms with Crippen molar-refractivity contribution < 1.29 is 19.4 Å². The van der Waals surface area contributed by atoms with Crippen molar-refractivity contribution in [2.24, 2.45) is 0 Å². The third-order valence-electron chi connectivity index (χ3n) is 2.67. The van der Waals surface area contributed by atoms with Crippen molar-refractivity contribution in [1.29, 1.82) is 0 Å².